The van der Waals surface area contributed by atoms with Crippen LogP contribution in [0.15, 0.2) is 48.5 Å². The van der Waals surface area contributed by atoms with Gasteiger partial charge in [0.25, 0.3) is 0 Å². The number of methoxy groups -OCH3 is 1. The van der Waals surface area contributed by atoms with E-state index in [4.69, 9.17) is 23.2 Å². The Labute approximate surface area is 212 Å². The van der Waals surface area contributed by atoms with Gasteiger partial charge in [-0.25, -0.2) is 4.79 Å². The maximum atomic E-state index is 12.6. The number of nitrogens with one attached hydrogen (secondary N) is 1. The zero-order chi connectivity index (χ0) is 24.3. The lowest BCUT2D eigenvalue weighted by atomic mass is 9.96. The van der Waals surface area contributed by atoms with E-state index in [-0.39, 0.29) is 18.0 Å². The van der Waals surface area contributed by atoms with Crippen LogP contribution in [0.5, 0.6) is 0 Å². The lowest BCUT2D eigenvalue weighted by Gasteiger charge is -2.39. The van der Waals surface area contributed by atoms with Crippen molar-refractivity contribution in [2.24, 2.45) is 0 Å². The van der Waals surface area contributed by atoms with Crippen LogP contribution in [0.1, 0.15) is 49.3 Å². The molecule has 0 saturated carbocycles. The van der Waals surface area contributed by atoms with E-state index >= 15 is 0 Å². The molecule has 6 nitrogen and oxygen atoms in total. The third-order valence-electron chi connectivity index (χ3n) is 6.15. The Hall–Kier alpha value is -2.28. The van der Waals surface area contributed by atoms with E-state index in [0.29, 0.717) is 36.1 Å². The van der Waals surface area contributed by atoms with Gasteiger partial charge in [0.1, 0.15) is 0 Å². The quantitative estimate of drug-likeness (QED) is 0.340. The van der Waals surface area contributed by atoms with Crippen LogP contribution < -0.4 is 5.32 Å². The van der Waals surface area contributed by atoms with Crippen molar-refractivity contribution < 1.29 is 14.3 Å². The van der Waals surface area contributed by atoms with Crippen molar-refractivity contribution in [3.05, 3.63) is 69.7 Å². The summed E-state index contributed by atoms with van der Waals surface area (Å²) in [4.78, 5) is 28.0. The Morgan fingerprint density at radius 1 is 0.853 bits per heavy atom. The van der Waals surface area contributed by atoms with Gasteiger partial charge in [-0.3, -0.25) is 9.69 Å². The number of amides is 2. The first kappa shape index (κ1) is 26.3. The van der Waals surface area contributed by atoms with Crippen molar-refractivity contribution in [2.75, 3.05) is 39.8 Å². The number of piperazine rings is 1. The molecule has 184 valence electrons. The molecule has 0 bridgehead atoms. The minimum absolute atomic E-state index is 0.0104. The van der Waals surface area contributed by atoms with Gasteiger partial charge in [0.15, 0.2) is 0 Å². The van der Waals surface area contributed by atoms with E-state index in [1.807, 2.05) is 29.2 Å². The molecule has 0 spiro atoms. The van der Waals surface area contributed by atoms with Gasteiger partial charge >= 0.3 is 12.0 Å². The summed E-state index contributed by atoms with van der Waals surface area (Å²) < 4.78 is 4.64. The summed E-state index contributed by atoms with van der Waals surface area (Å²) in [5.74, 6) is -0.165. The summed E-state index contributed by atoms with van der Waals surface area (Å²) >= 11 is 12.2. The van der Waals surface area contributed by atoms with E-state index in [0.717, 1.165) is 49.9 Å². The first-order chi connectivity index (χ1) is 16.5. The third-order valence-corrected chi connectivity index (χ3v) is 6.65. The number of unbranched alkanes of at least 4 members (excludes halogenated alkanes) is 3. The first-order valence-corrected chi connectivity index (χ1v) is 12.6. The molecule has 1 aliphatic heterocycles. The van der Waals surface area contributed by atoms with Crippen molar-refractivity contribution >= 4 is 35.2 Å². The number of hydrogen-bond donors (Lipinski definition) is 1. The predicted molar refractivity (Wildman–Crippen MR) is 136 cm³/mol. The molecule has 2 aromatic rings. The number of esters is 1. The minimum atomic E-state index is -0.165. The summed E-state index contributed by atoms with van der Waals surface area (Å²) in [5, 5.41) is 4.45. The summed E-state index contributed by atoms with van der Waals surface area (Å²) in [6.45, 7) is 3.54. The number of nitrogens with zero attached hydrogens (tertiary/aromatic N) is 2. The molecule has 0 atom stereocenters. The van der Waals surface area contributed by atoms with Gasteiger partial charge in [-0.15, -0.1) is 0 Å². The third kappa shape index (κ3) is 7.90. The van der Waals surface area contributed by atoms with Gasteiger partial charge in [-0.1, -0.05) is 60.3 Å². The fourth-order valence-corrected chi connectivity index (χ4v) is 4.50. The van der Waals surface area contributed by atoms with Crippen LogP contribution in [-0.2, 0) is 9.53 Å². The number of benzene rings is 2. The normalized spacial score (nSPS) is 14.3. The van der Waals surface area contributed by atoms with E-state index in [2.05, 4.69) is 39.2 Å². The Morgan fingerprint density at radius 2 is 1.38 bits per heavy atom. The van der Waals surface area contributed by atoms with Crippen LogP contribution in [0.4, 0.5) is 4.79 Å². The number of carbonyl (C=O) groups is 2. The average molecular weight is 506 g/mol. The molecular weight excluding hydrogens is 473 g/mol. The molecule has 1 heterocycles. The molecule has 1 N–H and O–H groups in total. The Bertz CT molecular complexity index is 868. The van der Waals surface area contributed by atoms with E-state index in [1.165, 1.54) is 7.11 Å². The van der Waals surface area contributed by atoms with Gasteiger partial charge < -0.3 is 15.0 Å². The van der Waals surface area contributed by atoms with Gasteiger partial charge in [-0.2, -0.15) is 0 Å². The van der Waals surface area contributed by atoms with Crippen LogP contribution in [-0.4, -0.2) is 61.6 Å². The van der Waals surface area contributed by atoms with Crippen LogP contribution in [0.2, 0.25) is 10.0 Å². The van der Waals surface area contributed by atoms with Gasteiger partial charge in [-0.05, 0) is 48.2 Å². The lowest BCUT2D eigenvalue weighted by Crippen LogP contribution is -2.52. The zero-order valence-electron chi connectivity index (χ0n) is 19.6. The molecule has 3 rings (SSSR count). The van der Waals surface area contributed by atoms with E-state index < -0.39 is 0 Å². The number of rotatable bonds is 10. The molecule has 0 aliphatic carbocycles. The summed E-state index contributed by atoms with van der Waals surface area (Å²) in [6.07, 6.45) is 4.13. The summed E-state index contributed by atoms with van der Waals surface area (Å²) in [6, 6.07) is 16.0. The molecule has 1 saturated heterocycles. The molecule has 0 aromatic heterocycles. The van der Waals surface area contributed by atoms with Crippen molar-refractivity contribution in [1.82, 2.24) is 15.1 Å². The number of carbonyl (C=O) groups excluding carboxylic acids is 2. The molecule has 2 aromatic carbocycles. The van der Waals surface area contributed by atoms with Crippen LogP contribution in [0.3, 0.4) is 0 Å². The van der Waals surface area contributed by atoms with Gasteiger partial charge in [0, 0.05) is 49.2 Å². The standard InChI is InChI=1S/C26H33Cl2N3O3/c1-34-24(32)6-4-2-3-5-15-29-26(33)31-18-16-30(17-19-31)25(20-7-11-22(27)12-8-20)21-9-13-23(28)14-10-21/h7-14,25H,2-6,15-19H2,1H3,(H,29,33). The lowest BCUT2D eigenvalue weighted by molar-refractivity contribution is -0.140. The Kier molecular flexibility index (Phi) is 10.5. The fourth-order valence-electron chi connectivity index (χ4n) is 4.24. The zero-order valence-corrected chi connectivity index (χ0v) is 21.2. The molecule has 2 amide bonds. The van der Waals surface area contributed by atoms with Gasteiger partial charge in [0.2, 0.25) is 0 Å². The highest BCUT2D eigenvalue weighted by Crippen LogP contribution is 2.31. The molecule has 34 heavy (non-hydrogen) atoms. The topological polar surface area (TPSA) is 61.9 Å². The van der Waals surface area contributed by atoms with Crippen molar-refractivity contribution in [2.45, 2.75) is 38.1 Å². The van der Waals surface area contributed by atoms with Crippen LogP contribution in [0, 0.1) is 0 Å². The molecule has 1 aliphatic rings. The maximum absolute atomic E-state index is 12.6. The van der Waals surface area contributed by atoms with Crippen molar-refractivity contribution in [3.63, 3.8) is 0 Å². The van der Waals surface area contributed by atoms with Crippen molar-refractivity contribution in [1.29, 1.82) is 0 Å². The Morgan fingerprint density at radius 3 is 1.91 bits per heavy atom. The smallest absolute Gasteiger partial charge is 0.317 e. The largest absolute Gasteiger partial charge is 0.469 e. The predicted octanol–water partition coefficient (Wildman–Crippen LogP) is 5.53. The molecular formula is C26H33Cl2N3O3. The molecule has 8 heteroatoms. The van der Waals surface area contributed by atoms with E-state index in [9.17, 15) is 9.59 Å². The number of ether oxygens (including phenoxy) is 1. The highest BCUT2D eigenvalue weighted by Gasteiger charge is 2.28. The van der Waals surface area contributed by atoms with Crippen LogP contribution >= 0.6 is 23.2 Å². The Balaban J connectivity index is 1.48. The number of hydrogen-bond acceptors (Lipinski definition) is 4. The number of urea groups is 1. The second-order valence-electron chi connectivity index (χ2n) is 8.50. The fraction of sp³-hybridized carbons (Fsp3) is 0.462. The highest BCUT2D eigenvalue weighted by molar-refractivity contribution is 6.30. The van der Waals surface area contributed by atoms with Crippen molar-refractivity contribution in [3.8, 4) is 0 Å². The summed E-state index contributed by atoms with van der Waals surface area (Å²) in [5.41, 5.74) is 2.33. The summed E-state index contributed by atoms with van der Waals surface area (Å²) in [7, 11) is 1.41. The molecule has 0 radical (unpaired) electrons. The molecule has 1 fully saturated rings. The maximum Gasteiger partial charge on any atom is 0.317 e. The minimum Gasteiger partial charge on any atom is -0.469 e. The van der Waals surface area contributed by atoms with E-state index in [1.54, 1.807) is 0 Å². The first-order valence-electron chi connectivity index (χ1n) is 11.8. The monoisotopic (exact) mass is 505 g/mol. The van der Waals surface area contributed by atoms with Gasteiger partial charge in [0.05, 0.1) is 13.2 Å². The SMILES string of the molecule is COC(=O)CCCCCCNC(=O)N1CCN(C(c2ccc(Cl)cc2)c2ccc(Cl)cc2)CC1. The number of halogens is 2. The average Bonchev–Trinajstić information content (AvgIpc) is 2.86. The van der Waals surface area contributed by atoms with Crippen LogP contribution in [0.25, 0.3) is 0 Å². The molecule has 0 unspecified atom stereocenters. The second-order valence-corrected chi connectivity index (χ2v) is 9.37. The highest BCUT2D eigenvalue weighted by atomic mass is 35.5. The second kappa shape index (κ2) is 13.6.